The molecule has 0 saturated heterocycles. The molecule has 0 bridgehead atoms. The van der Waals surface area contributed by atoms with Crippen molar-refractivity contribution in [3.8, 4) is 0 Å². The highest BCUT2D eigenvalue weighted by Crippen LogP contribution is 2.39. The van der Waals surface area contributed by atoms with Crippen LogP contribution in [0, 0.1) is 0 Å². The van der Waals surface area contributed by atoms with Crippen molar-refractivity contribution in [3.05, 3.63) is 5.69 Å². The molecule has 2 rings (SSSR count). The predicted molar refractivity (Wildman–Crippen MR) is 51.4 cm³/mol. The monoisotopic (exact) mass is 180 g/mol. The number of aromatic nitrogens is 3. The molecular weight excluding hydrogens is 164 g/mol. The molecule has 0 radical (unpaired) electrons. The Labute approximate surface area is 78.1 Å². The summed E-state index contributed by atoms with van der Waals surface area (Å²) in [5, 5.41) is 8.02. The highest BCUT2D eigenvalue weighted by Gasteiger charge is 2.32. The van der Waals surface area contributed by atoms with Gasteiger partial charge in [-0.3, -0.25) is 0 Å². The number of hydrogen-bond donors (Lipinski definition) is 1. The van der Waals surface area contributed by atoms with E-state index in [-0.39, 0.29) is 5.41 Å². The summed E-state index contributed by atoms with van der Waals surface area (Å²) in [5.41, 5.74) is 6.92. The smallest absolute Gasteiger partial charge is 0.169 e. The molecule has 0 aromatic carbocycles. The van der Waals surface area contributed by atoms with Crippen LogP contribution < -0.4 is 5.73 Å². The van der Waals surface area contributed by atoms with Gasteiger partial charge in [0.1, 0.15) is 0 Å². The lowest BCUT2D eigenvalue weighted by molar-refractivity contribution is 0.487. The van der Waals surface area contributed by atoms with Gasteiger partial charge in [0, 0.05) is 5.41 Å². The first-order valence-corrected chi connectivity index (χ1v) is 4.71. The molecule has 0 amide bonds. The van der Waals surface area contributed by atoms with E-state index in [4.69, 9.17) is 5.73 Å². The molecule has 1 aromatic heterocycles. The fourth-order valence-corrected chi connectivity index (χ4v) is 1.61. The van der Waals surface area contributed by atoms with Crippen LogP contribution in [-0.2, 0) is 5.41 Å². The summed E-state index contributed by atoms with van der Waals surface area (Å²) >= 11 is 0. The number of anilines is 1. The molecule has 72 valence electrons. The Kier molecular flexibility index (Phi) is 1.62. The molecule has 1 aliphatic rings. The van der Waals surface area contributed by atoms with Gasteiger partial charge in [-0.25, -0.2) is 4.68 Å². The van der Waals surface area contributed by atoms with Gasteiger partial charge in [-0.1, -0.05) is 26.0 Å². The average Bonchev–Trinajstić information content (AvgIpc) is 2.73. The first kappa shape index (κ1) is 8.53. The van der Waals surface area contributed by atoms with Crippen LogP contribution in [0.2, 0.25) is 0 Å². The summed E-state index contributed by atoms with van der Waals surface area (Å²) in [6.07, 6.45) is 2.43. The SMILES string of the molecule is CC(C)(C)c1c(N)nnn1C1CC1. The Morgan fingerprint density at radius 3 is 2.46 bits per heavy atom. The third kappa shape index (κ3) is 1.41. The quantitative estimate of drug-likeness (QED) is 0.712. The first-order chi connectivity index (χ1) is 6.00. The molecule has 1 aliphatic carbocycles. The van der Waals surface area contributed by atoms with Crippen molar-refractivity contribution < 1.29 is 0 Å². The van der Waals surface area contributed by atoms with Crippen molar-refractivity contribution in [2.45, 2.75) is 45.1 Å². The van der Waals surface area contributed by atoms with Gasteiger partial charge in [-0.05, 0) is 12.8 Å². The second kappa shape index (κ2) is 2.47. The fraction of sp³-hybridized carbons (Fsp3) is 0.778. The van der Waals surface area contributed by atoms with Gasteiger partial charge in [-0.15, -0.1) is 5.10 Å². The lowest BCUT2D eigenvalue weighted by Gasteiger charge is -2.19. The van der Waals surface area contributed by atoms with Crippen molar-refractivity contribution >= 4 is 5.82 Å². The van der Waals surface area contributed by atoms with Crippen LogP contribution in [0.1, 0.15) is 45.3 Å². The van der Waals surface area contributed by atoms with Gasteiger partial charge in [0.15, 0.2) is 5.82 Å². The third-order valence-corrected chi connectivity index (χ3v) is 2.32. The van der Waals surface area contributed by atoms with Crippen LogP contribution in [-0.4, -0.2) is 15.0 Å². The fourth-order valence-electron chi connectivity index (χ4n) is 1.61. The maximum Gasteiger partial charge on any atom is 0.169 e. The normalized spacial score (nSPS) is 17.8. The Morgan fingerprint density at radius 2 is 2.00 bits per heavy atom. The van der Waals surface area contributed by atoms with Gasteiger partial charge in [0.2, 0.25) is 0 Å². The second-order valence-electron chi connectivity index (χ2n) is 4.75. The maximum atomic E-state index is 5.80. The Hall–Kier alpha value is -1.06. The molecule has 4 heteroatoms. The first-order valence-electron chi connectivity index (χ1n) is 4.71. The van der Waals surface area contributed by atoms with Crippen LogP contribution in [0.5, 0.6) is 0 Å². The standard InChI is InChI=1S/C9H16N4/c1-9(2,3)7-8(10)11-12-13(7)6-4-5-6/h6H,4-5,10H2,1-3H3. The highest BCUT2D eigenvalue weighted by molar-refractivity contribution is 5.38. The molecular formula is C9H16N4. The van der Waals surface area contributed by atoms with E-state index in [1.165, 1.54) is 12.8 Å². The van der Waals surface area contributed by atoms with Gasteiger partial charge in [0.25, 0.3) is 0 Å². The van der Waals surface area contributed by atoms with E-state index in [0.29, 0.717) is 11.9 Å². The lowest BCUT2D eigenvalue weighted by atomic mass is 9.92. The minimum atomic E-state index is 0.0379. The highest BCUT2D eigenvalue weighted by atomic mass is 15.5. The minimum Gasteiger partial charge on any atom is -0.381 e. The lowest BCUT2D eigenvalue weighted by Crippen LogP contribution is -2.19. The maximum absolute atomic E-state index is 5.80. The van der Waals surface area contributed by atoms with Crippen molar-refractivity contribution in [2.24, 2.45) is 0 Å². The van der Waals surface area contributed by atoms with Gasteiger partial charge < -0.3 is 5.73 Å². The number of rotatable bonds is 1. The van der Waals surface area contributed by atoms with E-state index in [0.717, 1.165) is 5.69 Å². The molecule has 0 spiro atoms. The van der Waals surface area contributed by atoms with Gasteiger partial charge in [0.05, 0.1) is 11.7 Å². The largest absolute Gasteiger partial charge is 0.381 e. The van der Waals surface area contributed by atoms with Crippen LogP contribution in [0.15, 0.2) is 0 Å². The third-order valence-electron chi connectivity index (χ3n) is 2.32. The molecule has 0 atom stereocenters. The summed E-state index contributed by atoms with van der Waals surface area (Å²) < 4.78 is 2.00. The van der Waals surface area contributed by atoms with Crippen molar-refractivity contribution in [1.29, 1.82) is 0 Å². The average molecular weight is 180 g/mol. The zero-order valence-corrected chi connectivity index (χ0v) is 8.41. The van der Waals surface area contributed by atoms with Crippen molar-refractivity contribution in [2.75, 3.05) is 5.73 Å². The van der Waals surface area contributed by atoms with Crippen molar-refractivity contribution in [3.63, 3.8) is 0 Å². The molecule has 13 heavy (non-hydrogen) atoms. The summed E-state index contributed by atoms with van der Waals surface area (Å²) in [6, 6.07) is 0.555. The van der Waals surface area contributed by atoms with Gasteiger partial charge in [-0.2, -0.15) is 0 Å². The van der Waals surface area contributed by atoms with Crippen LogP contribution in [0.3, 0.4) is 0 Å². The van der Waals surface area contributed by atoms with E-state index >= 15 is 0 Å². The Balaban J connectivity index is 2.46. The molecule has 1 fully saturated rings. The summed E-state index contributed by atoms with van der Waals surface area (Å²) in [4.78, 5) is 0. The zero-order valence-electron chi connectivity index (χ0n) is 8.41. The van der Waals surface area contributed by atoms with E-state index < -0.39 is 0 Å². The van der Waals surface area contributed by atoms with Crippen LogP contribution in [0.4, 0.5) is 5.82 Å². The number of nitrogens with two attached hydrogens (primary N) is 1. The van der Waals surface area contributed by atoms with E-state index in [2.05, 4.69) is 31.1 Å². The molecule has 1 heterocycles. The topological polar surface area (TPSA) is 56.7 Å². The van der Waals surface area contributed by atoms with Crippen molar-refractivity contribution in [1.82, 2.24) is 15.0 Å². The van der Waals surface area contributed by atoms with Crippen LogP contribution >= 0.6 is 0 Å². The molecule has 2 N–H and O–H groups in total. The second-order valence-corrected chi connectivity index (χ2v) is 4.75. The Morgan fingerprint density at radius 1 is 1.38 bits per heavy atom. The minimum absolute atomic E-state index is 0.0379. The predicted octanol–water partition coefficient (Wildman–Crippen LogP) is 1.49. The van der Waals surface area contributed by atoms with E-state index in [1.54, 1.807) is 0 Å². The molecule has 0 aliphatic heterocycles. The van der Waals surface area contributed by atoms with Crippen LogP contribution in [0.25, 0.3) is 0 Å². The molecule has 4 nitrogen and oxygen atoms in total. The Bertz CT molecular complexity index is 317. The number of nitrogens with zero attached hydrogens (tertiary/aromatic N) is 3. The zero-order chi connectivity index (χ0) is 9.64. The molecule has 1 saturated carbocycles. The number of hydrogen-bond acceptors (Lipinski definition) is 3. The van der Waals surface area contributed by atoms with E-state index in [1.807, 2.05) is 4.68 Å². The summed E-state index contributed by atoms with van der Waals surface area (Å²) in [7, 11) is 0. The summed E-state index contributed by atoms with van der Waals surface area (Å²) in [5.74, 6) is 0.583. The molecule has 1 aromatic rings. The number of nitrogen functional groups attached to an aromatic ring is 1. The van der Waals surface area contributed by atoms with E-state index in [9.17, 15) is 0 Å². The van der Waals surface area contributed by atoms with Gasteiger partial charge >= 0.3 is 0 Å². The summed E-state index contributed by atoms with van der Waals surface area (Å²) in [6.45, 7) is 6.42. The molecule has 0 unspecified atom stereocenters.